The lowest BCUT2D eigenvalue weighted by Gasteiger charge is -2.04. The van der Waals surface area contributed by atoms with Crippen molar-refractivity contribution in [2.45, 2.75) is 13.8 Å². The van der Waals surface area contributed by atoms with E-state index in [0.29, 0.717) is 5.95 Å². The van der Waals surface area contributed by atoms with Crippen LogP contribution in [0.4, 0.5) is 5.95 Å². The zero-order chi connectivity index (χ0) is 10.8. The maximum Gasteiger partial charge on any atom is 0.224 e. The van der Waals surface area contributed by atoms with E-state index in [1.165, 1.54) is 0 Å². The van der Waals surface area contributed by atoms with Gasteiger partial charge >= 0.3 is 0 Å². The van der Waals surface area contributed by atoms with Crippen LogP contribution in [-0.2, 0) is 0 Å². The highest BCUT2D eigenvalue weighted by atomic mass is 15.3. The van der Waals surface area contributed by atoms with E-state index in [0.717, 1.165) is 17.2 Å². The molecule has 0 unspecified atom stereocenters. The van der Waals surface area contributed by atoms with E-state index in [1.807, 2.05) is 32.2 Å². The van der Waals surface area contributed by atoms with Crippen LogP contribution in [0.15, 0.2) is 18.3 Å². The fourth-order valence-corrected chi connectivity index (χ4v) is 1.32. The second-order valence-corrected chi connectivity index (χ2v) is 3.34. The summed E-state index contributed by atoms with van der Waals surface area (Å²) in [5.41, 5.74) is 1.88. The lowest BCUT2D eigenvalue weighted by atomic mass is 10.4. The lowest BCUT2D eigenvalue weighted by molar-refractivity contribution is 0.824. The van der Waals surface area contributed by atoms with Crippen LogP contribution in [0.25, 0.3) is 5.82 Å². The van der Waals surface area contributed by atoms with Crippen LogP contribution < -0.4 is 5.32 Å². The zero-order valence-corrected chi connectivity index (χ0v) is 9.02. The summed E-state index contributed by atoms with van der Waals surface area (Å²) in [4.78, 5) is 8.54. The van der Waals surface area contributed by atoms with Gasteiger partial charge in [-0.25, -0.2) is 9.67 Å². The molecule has 2 rings (SSSR count). The standard InChI is InChI=1S/C10H13N5/c1-7-4-5-15(14-7)9-6-8(2)12-10(11-3)13-9/h4-6H,1-3H3,(H,11,12,13). The van der Waals surface area contributed by atoms with E-state index >= 15 is 0 Å². The number of hydrogen-bond donors (Lipinski definition) is 1. The first-order valence-electron chi connectivity index (χ1n) is 4.75. The molecule has 2 aromatic heterocycles. The molecular weight excluding hydrogens is 190 g/mol. The Hall–Kier alpha value is -1.91. The molecule has 2 aromatic rings. The molecule has 1 N–H and O–H groups in total. The van der Waals surface area contributed by atoms with Crippen molar-refractivity contribution in [2.24, 2.45) is 0 Å². The summed E-state index contributed by atoms with van der Waals surface area (Å²) in [5, 5.41) is 7.22. The van der Waals surface area contributed by atoms with Crippen LogP contribution in [0.2, 0.25) is 0 Å². The Morgan fingerprint density at radius 3 is 2.60 bits per heavy atom. The van der Waals surface area contributed by atoms with Crippen molar-refractivity contribution in [1.82, 2.24) is 19.7 Å². The van der Waals surface area contributed by atoms with Crippen LogP contribution in [0.5, 0.6) is 0 Å². The summed E-state index contributed by atoms with van der Waals surface area (Å²) in [7, 11) is 1.80. The first-order chi connectivity index (χ1) is 7.19. The Kier molecular flexibility index (Phi) is 2.37. The number of nitrogens with one attached hydrogen (secondary N) is 1. The van der Waals surface area contributed by atoms with E-state index in [2.05, 4.69) is 20.4 Å². The first-order valence-corrected chi connectivity index (χ1v) is 4.75. The Balaban J connectivity index is 2.48. The van der Waals surface area contributed by atoms with Gasteiger partial charge in [0.2, 0.25) is 5.95 Å². The van der Waals surface area contributed by atoms with E-state index in [-0.39, 0.29) is 0 Å². The van der Waals surface area contributed by atoms with Crippen molar-refractivity contribution in [2.75, 3.05) is 12.4 Å². The predicted octanol–water partition coefficient (Wildman–Crippen LogP) is 1.32. The molecule has 0 aromatic carbocycles. The van der Waals surface area contributed by atoms with Gasteiger partial charge in [-0.2, -0.15) is 10.1 Å². The quantitative estimate of drug-likeness (QED) is 0.799. The number of rotatable bonds is 2. The third-order valence-corrected chi connectivity index (χ3v) is 2.02. The largest absolute Gasteiger partial charge is 0.357 e. The molecule has 0 radical (unpaired) electrons. The molecule has 0 aliphatic rings. The van der Waals surface area contributed by atoms with E-state index in [1.54, 1.807) is 11.7 Å². The Morgan fingerprint density at radius 1 is 1.20 bits per heavy atom. The minimum atomic E-state index is 0.609. The number of hydrogen-bond acceptors (Lipinski definition) is 4. The molecule has 0 atom stereocenters. The van der Waals surface area contributed by atoms with Gasteiger partial charge in [0.25, 0.3) is 0 Å². The topological polar surface area (TPSA) is 55.6 Å². The van der Waals surface area contributed by atoms with Gasteiger partial charge in [-0.1, -0.05) is 0 Å². The summed E-state index contributed by atoms with van der Waals surface area (Å²) in [6.07, 6.45) is 1.89. The van der Waals surface area contributed by atoms with Gasteiger partial charge in [0.15, 0.2) is 5.82 Å². The molecule has 0 amide bonds. The van der Waals surface area contributed by atoms with Crippen LogP contribution >= 0.6 is 0 Å². The van der Waals surface area contributed by atoms with Crippen LogP contribution in [0, 0.1) is 13.8 Å². The molecule has 0 aliphatic heterocycles. The minimum Gasteiger partial charge on any atom is -0.357 e. The normalized spacial score (nSPS) is 10.3. The highest BCUT2D eigenvalue weighted by Gasteiger charge is 2.03. The van der Waals surface area contributed by atoms with Gasteiger partial charge in [-0.15, -0.1) is 0 Å². The van der Waals surface area contributed by atoms with Crippen LogP contribution in [-0.4, -0.2) is 26.8 Å². The molecule has 2 heterocycles. The fraction of sp³-hybridized carbons (Fsp3) is 0.300. The number of aryl methyl sites for hydroxylation is 2. The smallest absolute Gasteiger partial charge is 0.224 e. The average molecular weight is 203 g/mol. The SMILES string of the molecule is CNc1nc(C)cc(-n2ccc(C)n2)n1. The third kappa shape index (κ3) is 1.96. The highest BCUT2D eigenvalue weighted by Crippen LogP contribution is 2.08. The lowest BCUT2D eigenvalue weighted by Crippen LogP contribution is -2.04. The van der Waals surface area contributed by atoms with Gasteiger partial charge in [-0.3, -0.25) is 0 Å². The maximum atomic E-state index is 4.31. The van der Waals surface area contributed by atoms with Gasteiger partial charge in [-0.05, 0) is 19.9 Å². The molecule has 0 saturated carbocycles. The highest BCUT2D eigenvalue weighted by molar-refractivity contribution is 5.33. The summed E-state index contributed by atoms with van der Waals surface area (Å²) < 4.78 is 1.74. The van der Waals surface area contributed by atoms with Gasteiger partial charge in [0.1, 0.15) is 0 Å². The van der Waals surface area contributed by atoms with Gasteiger partial charge < -0.3 is 5.32 Å². The molecule has 5 heteroatoms. The molecule has 0 spiro atoms. The van der Waals surface area contributed by atoms with Crippen molar-refractivity contribution < 1.29 is 0 Å². The molecule has 0 fully saturated rings. The predicted molar refractivity (Wildman–Crippen MR) is 58.2 cm³/mol. The summed E-state index contributed by atoms with van der Waals surface area (Å²) in [6.45, 7) is 3.88. The van der Waals surface area contributed by atoms with E-state index < -0.39 is 0 Å². The summed E-state index contributed by atoms with van der Waals surface area (Å²) >= 11 is 0. The second kappa shape index (κ2) is 3.68. The monoisotopic (exact) mass is 203 g/mol. The van der Waals surface area contributed by atoms with Crippen molar-refractivity contribution in [3.05, 3.63) is 29.7 Å². The summed E-state index contributed by atoms with van der Waals surface area (Å²) in [5.74, 6) is 1.39. The number of nitrogens with zero attached hydrogens (tertiary/aromatic N) is 4. The molecule has 15 heavy (non-hydrogen) atoms. The average Bonchev–Trinajstić information content (AvgIpc) is 2.64. The third-order valence-electron chi connectivity index (χ3n) is 2.02. The molecule has 0 aliphatic carbocycles. The maximum absolute atomic E-state index is 4.31. The molecule has 0 bridgehead atoms. The molecule has 78 valence electrons. The molecule has 0 saturated heterocycles. The first kappa shape index (κ1) is 9.64. The molecule has 5 nitrogen and oxygen atoms in total. The number of aromatic nitrogens is 4. The fourth-order valence-electron chi connectivity index (χ4n) is 1.32. The van der Waals surface area contributed by atoms with Crippen molar-refractivity contribution in [3.63, 3.8) is 0 Å². The minimum absolute atomic E-state index is 0.609. The molecular formula is C10H13N5. The van der Waals surface area contributed by atoms with Crippen molar-refractivity contribution in [3.8, 4) is 5.82 Å². The summed E-state index contributed by atoms with van der Waals surface area (Å²) in [6, 6.07) is 3.84. The van der Waals surface area contributed by atoms with E-state index in [9.17, 15) is 0 Å². The van der Waals surface area contributed by atoms with Gasteiger partial charge in [0, 0.05) is 25.0 Å². The van der Waals surface area contributed by atoms with E-state index in [4.69, 9.17) is 0 Å². The van der Waals surface area contributed by atoms with Gasteiger partial charge in [0.05, 0.1) is 5.69 Å². The Bertz CT molecular complexity index is 474. The van der Waals surface area contributed by atoms with Crippen LogP contribution in [0.3, 0.4) is 0 Å². The van der Waals surface area contributed by atoms with Crippen molar-refractivity contribution in [1.29, 1.82) is 0 Å². The zero-order valence-electron chi connectivity index (χ0n) is 9.02. The number of anilines is 1. The van der Waals surface area contributed by atoms with Crippen molar-refractivity contribution >= 4 is 5.95 Å². The Morgan fingerprint density at radius 2 is 2.00 bits per heavy atom. The Labute approximate surface area is 88.2 Å². The second-order valence-electron chi connectivity index (χ2n) is 3.34. The van der Waals surface area contributed by atoms with Crippen LogP contribution in [0.1, 0.15) is 11.4 Å².